The molecule has 76 valence electrons. The van der Waals surface area contributed by atoms with Crippen LogP contribution in [0.1, 0.15) is 30.9 Å². The molecule has 2 rings (SSSR count). The average molecular weight is 192 g/mol. The predicted octanol–water partition coefficient (Wildman–Crippen LogP) is 2.24. The first-order chi connectivity index (χ1) is 6.69. The topological polar surface area (TPSA) is 29.5 Å². The number of rotatable bonds is 3. The molecule has 0 aliphatic heterocycles. The molecule has 0 heterocycles. The maximum absolute atomic E-state index is 9.94. The number of ether oxygens (including phenoxy) is 1. The Bertz CT molecular complexity index is 340. The third-order valence-electron chi connectivity index (χ3n) is 2.92. The van der Waals surface area contributed by atoms with Crippen LogP contribution in [0.4, 0.5) is 0 Å². The zero-order valence-corrected chi connectivity index (χ0v) is 8.71. The molecular formula is C12H16O2. The highest BCUT2D eigenvalue weighted by Gasteiger charge is 2.42. The van der Waals surface area contributed by atoms with Gasteiger partial charge in [-0.15, -0.1) is 0 Å². The number of aliphatic hydroxyl groups is 1. The van der Waals surface area contributed by atoms with E-state index in [4.69, 9.17) is 4.74 Å². The van der Waals surface area contributed by atoms with E-state index in [1.807, 2.05) is 12.1 Å². The minimum Gasteiger partial charge on any atom is -0.496 e. The number of hydrogen-bond donors (Lipinski definition) is 1. The van der Waals surface area contributed by atoms with E-state index in [9.17, 15) is 5.11 Å². The lowest BCUT2D eigenvalue weighted by Gasteiger charge is -2.12. The molecule has 1 aliphatic carbocycles. The molecule has 2 heteroatoms. The van der Waals surface area contributed by atoms with Crippen molar-refractivity contribution in [3.05, 3.63) is 29.3 Å². The van der Waals surface area contributed by atoms with Crippen LogP contribution in [0.25, 0.3) is 0 Å². The zero-order chi connectivity index (χ0) is 10.2. The number of aryl methyl sites for hydroxylation is 1. The minimum atomic E-state index is -0.532. The van der Waals surface area contributed by atoms with Crippen molar-refractivity contribution in [1.82, 2.24) is 0 Å². The van der Waals surface area contributed by atoms with E-state index in [0.717, 1.165) is 30.6 Å². The summed E-state index contributed by atoms with van der Waals surface area (Å²) >= 11 is 0. The minimum absolute atomic E-state index is 0.532. The van der Waals surface area contributed by atoms with Crippen molar-refractivity contribution in [1.29, 1.82) is 0 Å². The number of methoxy groups -OCH3 is 1. The van der Waals surface area contributed by atoms with Crippen molar-refractivity contribution < 1.29 is 9.84 Å². The van der Waals surface area contributed by atoms with E-state index in [-0.39, 0.29) is 0 Å². The maximum atomic E-state index is 9.94. The van der Waals surface area contributed by atoms with Crippen molar-refractivity contribution in [2.75, 3.05) is 7.11 Å². The van der Waals surface area contributed by atoms with Crippen molar-refractivity contribution in [2.24, 2.45) is 0 Å². The highest BCUT2D eigenvalue weighted by atomic mass is 16.5. The molecule has 0 spiro atoms. The molecule has 14 heavy (non-hydrogen) atoms. The van der Waals surface area contributed by atoms with Gasteiger partial charge in [-0.3, -0.25) is 0 Å². The standard InChI is InChI=1S/C12H16O2/c1-3-9-8-10(12(13)6-7-12)4-5-11(9)14-2/h4-5,8,13H,3,6-7H2,1-2H3. The summed E-state index contributed by atoms with van der Waals surface area (Å²) in [5.74, 6) is 0.917. The van der Waals surface area contributed by atoms with E-state index >= 15 is 0 Å². The van der Waals surface area contributed by atoms with Crippen molar-refractivity contribution in [2.45, 2.75) is 31.8 Å². The van der Waals surface area contributed by atoms with Crippen molar-refractivity contribution >= 4 is 0 Å². The molecule has 1 fully saturated rings. The Balaban J connectivity index is 2.36. The van der Waals surface area contributed by atoms with Crippen LogP contribution in [-0.4, -0.2) is 12.2 Å². The summed E-state index contributed by atoms with van der Waals surface area (Å²) in [6.07, 6.45) is 2.72. The second-order valence-electron chi connectivity index (χ2n) is 3.91. The number of hydrogen-bond acceptors (Lipinski definition) is 2. The van der Waals surface area contributed by atoms with Crippen LogP contribution in [0.2, 0.25) is 0 Å². The van der Waals surface area contributed by atoms with Crippen LogP contribution in [0.15, 0.2) is 18.2 Å². The molecule has 0 bridgehead atoms. The highest BCUT2D eigenvalue weighted by Crippen LogP contribution is 2.46. The molecule has 0 radical (unpaired) electrons. The van der Waals surface area contributed by atoms with E-state index in [1.165, 1.54) is 5.56 Å². The van der Waals surface area contributed by atoms with Crippen LogP contribution in [0.5, 0.6) is 5.75 Å². The molecule has 0 atom stereocenters. The largest absolute Gasteiger partial charge is 0.496 e. The molecule has 0 unspecified atom stereocenters. The monoisotopic (exact) mass is 192 g/mol. The van der Waals surface area contributed by atoms with Gasteiger partial charge in [0.15, 0.2) is 0 Å². The van der Waals surface area contributed by atoms with Gasteiger partial charge in [-0.1, -0.05) is 13.0 Å². The van der Waals surface area contributed by atoms with E-state index in [2.05, 4.69) is 13.0 Å². The maximum Gasteiger partial charge on any atom is 0.122 e. The molecule has 1 aromatic rings. The van der Waals surface area contributed by atoms with Gasteiger partial charge < -0.3 is 9.84 Å². The summed E-state index contributed by atoms with van der Waals surface area (Å²) in [5, 5.41) is 9.94. The third-order valence-corrected chi connectivity index (χ3v) is 2.92. The van der Waals surface area contributed by atoms with Crippen LogP contribution >= 0.6 is 0 Å². The fourth-order valence-electron chi connectivity index (χ4n) is 1.75. The molecule has 1 saturated carbocycles. The van der Waals surface area contributed by atoms with Gasteiger partial charge >= 0.3 is 0 Å². The Morgan fingerprint density at radius 2 is 2.14 bits per heavy atom. The lowest BCUT2D eigenvalue weighted by molar-refractivity contribution is 0.151. The Morgan fingerprint density at radius 3 is 2.64 bits per heavy atom. The average Bonchev–Trinajstić information content (AvgIpc) is 2.97. The molecule has 0 aromatic heterocycles. The van der Waals surface area contributed by atoms with Crippen molar-refractivity contribution in [3.63, 3.8) is 0 Å². The van der Waals surface area contributed by atoms with Crippen LogP contribution < -0.4 is 4.74 Å². The van der Waals surface area contributed by atoms with Crippen LogP contribution in [0, 0.1) is 0 Å². The molecule has 0 amide bonds. The summed E-state index contributed by atoms with van der Waals surface area (Å²) < 4.78 is 5.24. The Morgan fingerprint density at radius 1 is 1.43 bits per heavy atom. The van der Waals surface area contributed by atoms with Gasteiger partial charge in [0.05, 0.1) is 12.7 Å². The predicted molar refractivity (Wildman–Crippen MR) is 55.5 cm³/mol. The second kappa shape index (κ2) is 3.28. The van der Waals surface area contributed by atoms with E-state index < -0.39 is 5.60 Å². The molecule has 1 aliphatic rings. The Kier molecular flexibility index (Phi) is 2.23. The Labute approximate surface area is 84.5 Å². The summed E-state index contributed by atoms with van der Waals surface area (Å²) in [5.41, 5.74) is 1.68. The first-order valence-corrected chi connectivity index (χ1v) is 5.09. The summed E-state index contributed by atoms with van der Waals surface area (Å²) in [4.78, 5) is 0. The summed E-state index contributed by atoms with van der Waals surface area (Å²) in [6, 6.07) is 5.97. The summed E-state index contributed by atoms with van der Waals surface area (Å²) in [6.45, 7) is 2.10. The van der Waals surface area contributed by atoms with Gasteiger partial charge in [-0.05, 0) is 42.5 Å². The Hall–Kier alpha value is -1.02. The fraction of sp³-hybridized carbons (Fsp3) is 0.500. The zero-order valence-electron chi connectivity index (χ0n) is 8.71. The smallest absolute Gasteiger partial charge is 0.122 e. The molecule has 0 saturated heterocycles. The molecule has 1 N–H and O–H groups in total. The van der Waals surface area contributed by atoms with E-state index in [1.54, 1.807) is 7.11 Å². The van der Waals surface area contributed by atoms with Crippen molar-refractivity contribution in [3.8, 4) is 5.75 Å². The lowest BCUT2D eigenvalue weighted by Crippen LogP contribution is -2.05. The van der Waals surface area contributed by atoms with Gasteiger partial charge in [-0.2, -0.15) is 0 Å². The second-order valence-corrected chi connectivity index (χ2v) is 3.91. The third kappa shape index (κ3) is 1.50. The normalized spacial score (nSPS) is 17.9. The molecule has 2 nitrogen and oxygen atoms in total. The first-order valence-electron chi connectivity index (χ1n) is 5.09. The van der Waals surface area contributed by atoms with Gasteiger partial charge in [0.2, 0.25) is 0 Å². The van der Waals surface area contributed by atoms with Gasteiger partial charge in [-0.25, -0.2) is 0 Å². The fourth-order valence-corrected chi connectivity index (χ4v) is 1.75. The van der Waals surface area contributed by atoms with Gasteiger partial charge in [0.25, 0.3) is 0 Å². The van der Waals surface area contributed by atoms with E-state index in [0.29, 0.717) is 0 Å². The number of benzene rings is 1. The van der Waals surface area contributed by atoms with Crippen LogP contribution in [-0.2, 0) is 12.0 Å². The van der Waals surface area contributed by atoms with Gasteiger partial charge in [0, 0.05) is 0 Å². The quantitative estimate of drug-likeness (QED) is 0.795. The first kappa shape index (κ1) is 9.53. The highest BCUT2D eigenvalue weighted by molar-refractivity contribution is 5.40. The lowest BCUT2D eigenvalue weighted by atomic mass is 10.0. The summed E-state index contributed by atoms with van der Waals surface area (Å²) in [7, 11) is 1.68. The van der Waals surface area contributed by atoms with Crippen LogP contribution in [0.3, 0.4) is 0 Å². The van der Waals surface area contributed by atoms with Gasteiger partial charge in [0.1, 0.15) is 5.75 Å². The molecule has 1 aromatic carbocycles. The SMILES string of the molecule is CCc1cc(C2(O)CC2)ccc1OC. The molecular weight excluding hydrogens is 176 g/mol.